The summed E-state index contributed by atoms with van der Waals surface area (Å²) in [7, 11) is 0. The Labute approximate surface area is 178 Å². The third-order valence-corrected chi connectivity index (χ3v) is 5.18. The Morgan fingerprint density at radius 2 is 1.20 bits per heavy atom. The lowest BCUT2D eigenvalue weighted by Gasteiger charge is -2.08. The van der Waals surface area contributed by atoms with Gasteiger partial charge in [-0.25, -0.2) is 9.97 Å². The number of hydrogen-bond acceptors (Lipinski definition) is 4. The van der Waals surface area contributed by atoms with Gasteiger partial charge in [-0.2, -0.15) is 0 Å². The van der Waals surface area contributed by atoms with Crippen molar-refractivity contribution in [2.75, 3.05) is 0 Å². The molecule has 4 rings (SSSR count). The van der Waals surface area contributed by atoms with E-state index in [9.17, 15) is 10.2 Å². The van der Waals surface area contributed by atoms with Crippen molar-refractivity contribution in [3.05, 3.63) is 71.0 Å². The van der Waals surface area contributed by atoms with Crippen LogP contribution in [0.1, 0.15) is 62.0 Å². The van der Waals surface area contributed by atoms with E-state index in [0.717, 1.165) is 33.3 Å². The molecule has 2 N–H and O–H groups in total. The third-order valence-electron chi connectivity index (χ3n) is 5.18. The second-order valence-electron chi connectivity index (χ2n) is 8.44. The number of phenols is 2. The molecule has 2 aromatic carbocycles. The van der Waals surface area contributed by atoms with Crippen LogP contribution in [0, 0.1) is 13.8 Å². The fraction of sp³-hybridized carbons (Fsp3) is 0.308. The molecular weight excluding hydrogens is 372 g/mol. The smallest absolute Gasteiger partial charge is 0.144 e. The molecule has 0 radical (unpaired) electrons. The van der Waals surface area contributed by atoms with Gasteiger partial charge in [0.25, 0.3) is 0 Å². The summed E-state index contributed by atoms with van der Waals surface area (Å²) in [6.45, 7) is 12.2. The highest BCUT2D eigenvalue weighted by Crippen LogP contribution is 2.28. The first-order chi connectivity index (χ1) is 14.2. The van der Waals surface area contributed by atoms with E-state index in [1.54, 1.807) is 6.07 Å². The van der Waals surface area contributed by atoms with E-state index < -0.39 is 0 Å². The molecule has 0 fully saturated rings. The van der Waals surface area contributed by atoms with Gasteiger partial charge < -0.3 is 10.2 Å². The van der Waals surface area contributed by atoms with E-state index >= 15 is 0 Å². The van der Waals surface area contributed by atoms with Gasteiger partial charge in [0.2, 0.25) is 0 Å². The number of benzene rings is 2. The minimum absolute atomic E-state index is 0.271. The summed E-state index contributed by atoms with van der Waals surface area (Å²) < 4.78 is 0. The van der Waals surface area contributed by atoms with Crippen LogP contribution in [0.5, 0.6) is 11.5 Å². The third kappa shape index (κ3) is 4.54. The Balaban J connectivity index is 0.000000171. The zero-order valence-corrected chi connectivity index (χ0v) is 18.6. The standard InChI is InChI=1S/2C13H15NO/c1-8(2)11-5-4-10-6-9(3)7-12(15)13(10)14-11;1-8(2)11-7-6-10-5-4-9(3)13(15)12(10)14-11/h2*4-8,15H,1-3H3. The second-order valence-corrected chi connectivity index (χ2v) is 8.44. The van der Waals surface area contributed by atoms with Crippen molar-refractivity contribution in [1.82, 2.24) is 9.97 Å². The van der Waals surface area contributed by atoms with Crippen LogP contribution in [0.15, 0.2) is 48.5 Å². The normalized spacial score (nSPS) is 11.2. The lowest BCUT2D eigenvalue weighted by molar-refractivity contribution is 0.476. The largest absolute Gasteiger partial charge is 0.506 e. The quantitative estimate of drug-likeness (QED) is 0.389. The summed E-state index contributed by atoms with van der Waals surface area (Å²) in [5.41, 5.74) is 5.37. The zero-order chi connectivity index (χ0) is 22.0. The lowest BCUT2D eigenvalue weighted by Crippen LogP contribution is -1.93. The molecule has 4 aromatic rings. The minimum atomic E-state index is 0.271. The maximum Gasteiger partial charge on any atom is 0.144 e. The molecule has 0 aliphatic rings. The van der Waals surface area contributed by atoms with Crippen LogP contribution < -0.4 is 0 Å². The first-order valence-electron chi connectivity index (χ1n) is 10.4. The Bertz CT molecular complexity index is 1200. The van der Waals surface area contributed by atoms with Crippen molar-refractivity contribution >= 4 is 21.8 Å². The van der Waals surface area contributed by atoms with Crippen LogP contribution in [0.25, 0.3) is 21.8 Å². The first kappa shape index (κ1) is 21.6. The van der Waals surface area contributed by atoms with Gasteiger partial charge in [0.1, 0.15) is 22.5 Å². The van der Waals surface area contributed by atoms with Crippen molar-refractivity contribution in [3.63, 3.8) is 0 Å². The number of aromatic hydroxyl groups is 2. The predicted octanol–water partition coefficient (Wildman–Crippen LogP) is 6.74. The van der Waals surface area contributed by atoms with Gasteiger partial charge in [-0.3, -0.25) is 0 Å². The van der Waals surface area contributed by atoms with Gasteiger partial charge in [-0.15, -0.1) is 0 Å². The van der Waals surface area contributed by atoms with Gasteiger partial charge >= 0.3 is 0 Å². The molecule has 0 aliphatic heterocycles. The number of fused-ring (bicyclic) bond motifs is 2. The highest BCUT2D eigenvalue weighted by atomic mass is 16.3. The molecule has 30 heavy (non-hydrogen) atoms. The van der Waals surface area contributed by atoms with E-state index in [1.807, 2.05) is 56.3 Å². The van der Waals surface area contributed by atoms with Gasteiger partial charge in [0.05, 0.1) is 0 Å². The van der Waals surface area contributed by atoms with Crippen LogP contribution in [-0.4, -0.2) is 20.2 Å². The Morgan fingerprint density at radius 3 is 1.80 bits per heavy atom. The van der Waals surface area contributed by atoms with Gasteiger partial charge in [0.15, 0.2) is 0 Å². The highest BCUT2D eigenvalue weighted by molar-refractivity contribution is 5.86. The molecule has 0 aliphatic carbocycles. The number of aromatic nitrogens is 2. The van der Waals surface area contributed by atoms with E-state index in [-0.39, 0.29) is 5.75 Å². The Hall–Kier alpha value is -3.14. The molecule has 0 saturated carbocycles. The van der Waals surface area contributed by atoms with Crippen molar-refractivity contribution in [2.24, 2.45) is 0 Å². The zero-order valence-electron chi connectivity index (χ0n) is 18.6. The van der Waals surface area contributed by atoms with Crippen LogP contribution in [0.4, 0.5) is 0 Å². The summed E-state index contributed by atoms with van der Waals surface area (Å²) in [5.74, 6) is 1.34. The molecule has 4 heteroatoms. The van der Waals surface area contributed by atoms with Crippen LogP contribution in [0.2, 0.25) is 0 Å². The second kappa shape index (κ2) is 8.70. The molecule has 0 spiro atoms. The first-order valence-corrected chi connectivity index (χ1v) is 10.4. The van der Waals surface area contributed by atoms with Crippen molar-refractivity contribution in [3.8, 4) is 11.5 Å². The molecule has 0 amide bonds. The summed E-state index contributed by atoms with van der Waals surface area (Å²) in [6, 6.07) is 15.7. The molecule has 0 saturated heterocycles. The maximum absolute atomic E-state index is 9.90. The summed E-state index contributed by atoms with van der Waals surface area (Å²) in [5, 5.41) is 21.7. The molecule has 2 heterocycles. The molecule has 156 valence electrons. The van der Waals surface area contributed by atoms with E-state index in [4.69, 9.17) is 0 Å². The number of phenolic OH excluding ortho intramolecular Hbond substituents is 2. The van der Waals surface area contributed by atoms with Gasteiger partial charge in [-0.05, 0) is 61.1 Å². The van der Waals surface area contributed by atoms with Crippen molar-refractivity contribution in [2.45, 2.75) is 53.4 Å². The number of hydrogen-bond donors (Lipinski definition) is 2. The fourth-order valence-electron chi connectivity index (χ4n) is 3.31. The van der Waals surface area contributed by atoms with Crippen LogP contribution >= 0.6 is 0 Å². The van der Waals surface area contributed by atoms with Crippen LogP contribution in [0.3, 0.4) is 0 Å². The topological polar surface area (TPSA) is 66.2 Å². The summed E-state index contributed by atoms with van der Waals surface area (Å²) >= 11 is 0. The van der Waals surface area contributed by atoms with Crippen LogP contribution in [-0.2, 0) is 0 Å². The predicted molar refractivity (Wildman–Crippen MR) is 124 cm³/mol. The molecule has 2 aromatic heterocycles. The summed E-state index contributed by atoms with van der Waals surface area (Å²) in [4.78, 5) is 8.95. The molecular formula is C26H30N2O2. The van der Waals surface area contributed by atoms with Gasteiger partial charge in [0, 0.05) is 22.2 Å². The van der Waals surface area contributed by atoms with Crippen molar-refractivity contribution in [1.29, 1.82) is 0 Å². The fourth-order valence-corrected chi connectivity index (χ4v) is 3.31. The monoisotopic (exact) mass is 402 g/mol. The number of aryl methyl sites for hydroxylation is 2. The van der Waals surface area contributed by atoms with E-state index in [1.165, 1.54) is 0 Å². The molecule has 0 unspecified atom stereocenters. The lowest BCUT2D eigenvalue weighted by atomic mass is 10.1. The molecule has 4 nitrogen and oxygen atoms in total. The van der Waals surface area contributed by atoms with Gasteiger partial charge in [-0.1, -0.05) is 52.0 Å². The Kier molecular flexibility index (Phi) is 6.25. The summed E-state index contributed by atoms with van der Waals surface area (Å²) in [6.07, 6.45) is 0. The molecule has 0 atom stereocenters. The number of nitrogens with zero attached hydrogens (tertiary/aromatic N) is 2. The maximum atomic E-state index is 9.90. The average molecular weight is 403 g/mol. The van der Waals surface area contributed by atoms with Crippen molar-refractivity contribution < 1.29 is 10.2 Å². The number of pyridine rings is 2. The van der Waals surface area contributed by atoms with E-state index in [0.29, 0.717) is 28.6 Å². The average Bonchev–Trinajstić information content (AvgIpc) is 2.70. The molecule has 0 bridgehead atoms. The van der Waals surface area contributed by atoms with E-state index in [2.05, 4.69) is 37.7 Å². The minimum Gasteiger partial charge on any atom is -0.506 e. The number of rotatable bonds is 2. The Morgan fingerprint density at radius 1 is 0.667 bits per heavy atom. The SMILES string of the molecule is Cc1cc(O)c2nc(C(C)C)ccc2c1.Cc1ccc2ccc(C(C)C)nc2c1O. The highest BCUT2D eigenvalue weighted by Gasteiger charge is 2.08.